The minimum absolute atomic E-state index is 0. The van der Waals surface area contributed by atoms with Gasteiger partial charge in [0.1, 0.15) is 0 Å². The average Bonchev–Trinajstić information content (AvgIpc) is 3.26. The van der Waals surface area contributed by atoms with E-state index in [-0.39, 0.29) is 51.0 Å². The fourth-order valence-electron chi connectivity index (χ4n) is 4.15. The molecule has 2 aromatic carbocycles. The summed E-state index contributed by atoms with van der Waals surface area (Å²) < 4.78 is 0. The van der Waals surface area contributed by atoms with Gasteiger partial charge in [-0.2, -0.15) is 0 Å². The third-order valence-corrected chi connectivity index (χ3v) is 5.42. The molecule has 2 atom stereocenters. The monoisotopic (exact) mass is 469 g/mol. The minimum Gasteiger partial charge on any atom is -0.224 e. The maximum atomic E-state index is 2.42. The minimum atomic E-state index is 0. The molecule has 136 valence electrons. The van der Waals surface area contributed by atoms with Gasteiger partial charge in [0, 0.05) is 32.1 Å². The van der Waals surface area contributed by atoms with Crippen molar-refractivity contribution in [2.24, 2.45) is 0 Å². The zero-order valence-corrected chi connectivity index (χ0v) is 18.9. The van der Waals surface area contributed by atoms with Crippen LogP contribution in [0.3, 0.4) is 0 Å². The van der Waals surface area contributed by atoms with E-state index in [0.717, 1.165) is 6.42 Å². The molecule has 0 amide bonds. The quantitative estimate of drug-likeness (QED) is 0.418. The normalized spacial score (nSPS) is 20.7. The van der Waals surface area contributed by atoms with Gasteiger partial charge in [-0.25, -0.2) is 18.1 Å². The van der Waals surface area contributed by atoms with Crippen LogP contribution in [0.2, 0.25) is 0 Å². The van der Waals surface area contributed by atoms with Gasteiger partial charge in [-0.3, -0.25) is 0 Å². The van der Waals surface area contributed by atoms with Crippen molar-refractivity contribution < 1.29 is 26.2 Å². The first-order valence-electron chi connectivity index (χ1n) is 8.68. The number of hydrogen-bond acceptors (Lipinski definition) is 0. The molecule has 27 heavy (non-hydrogen) atoms. The second kappa shape index (κ2) is 9.29. The van der Waals surface area contributed by atoms with Crippen LogP contribution in [0.15, 0.2) is 84.5 Å². The zero-order chi connectivity index (χ0) is 15.9. The van der Waals surface area contributed by atoms with Crippen molar-refractivity contribution in [1.82, 2.24) is 0 Å². The molecule has 0 bridgehead atoms. The number of halogens is 2. The van der Waals surface area contributed by atoms with Crippen LogP contribution in [0.4, 0.5) is 0 Å². The van der Waals surface area contributed by atoms with Crippen molar-refractivity contribution in [3.8, 4) is 0 Å². The van der Waals surface area contributed by atoms with E-state index in [4.69, 9.17) is 0 Å². The predicted molar refractivity (Wildman–Crippen MR) is 116 cm³/mol. The van der Waals surface area contributed by atoms with Crippen molar-refractivity contribution in [3.63, 3.8) is 0 Å². The summed E-state index contributed by atoms with van der Waals surface area (Å²) in [7, 11) is 0. The molecule has 0 spiro atoms. The second-order valence-electron chi connectivity index (χ2n) is 6.75. The molecule has 0 N–H and O–H groups in total. The zero-order valence-electron chi connectivity index (χ0n) is 14.8. The van der Waals surface area contributed by atoms with Gasteiger partial charge in [-0.05, 0) is 28.2 Å². The van der Waals surface area contributed by atoms with E-state index in [1.54, 1.807) is 0 Å². The number of allylic oxidation sites excluding steroid dienone is 6. The van der Waals surface area contributed by atoms with Crippen LogP contribution >= 0.6 is 24.8 Å². The van der Waals surface area contributed by atoms with Gasteiger partial charge in [0.15, 0.2) is 0 Å². The molecule has 0 saturated heterocycles. The smallest absolute Gasteiger partial charge is 0.0111 e. The van der Waals surface area contributed by atoms with Crippen molar-refractivity contribution in [2.45, 2.75) is 18.3 Å². The third-order valence-electron chi connectivity index (χ3n) is 5.42. The maximum absolute atomic E-state index is 2.42. The van der Waals surface area contributed by atoms with E-state index in [0.29, 0.717) is 11.8 Å². The summed E-state index contributed by atoms with van der Waals surface area (Å²) in [6.45, 7) is 0. The van der Waals surface area contributed by atoms with Crippen molar-refractivity contribution in [1.29, 1.82) is 0 Å². The van der Waals surface area contributed by atoms with Gasteiger partial charge in [0.25, 0.3) is 0 Å². The molecule has 3 aliphatic rings. The first-order valence-corrected chi connectivity index (χ1v) is 8.68. The Labute approximate surface area is 193 Å². The summed E-state index contributed by atoms with van der Waals surface area (Å²) in [4.78, 5) is 0. The maximum Gasteiger partial charge on any atom is 0.0111 e. The fourth-order valence-corrected chi connectivity index (χ4v) is 4.15. The topological polar surface area (TPSA) is 0 Å². The van der Waals surface area contributed by atoms with Gasteiger partial charge in [0.2, 0.25) is 0 Å². The molecular formula is C24H21Cl2Zr-. The molecular weight excluding hydrogens is 450 g/mol. The summed E-state index contributed by atoms with van der Waals surface area (Å²) in [6, 6.07) is 17.5. The van der Waals surface area contributed by atoms with E-state index >= 15 is 0 Å². The summed E-state index contributed by atoms with van der Waals surface area (Å²) in [5, 5.41) is 0. The van der Waals surface area contributed by atoms with E-state index in [9.17, 15) is 0 Å². The van der Waals surface area contributed by atoms with E-state index in [1.165, 1.54) is 33.7 Å². The Morgan fingerprint density at radius 3 is 2.07 bits per heavy atom. The fraction of sp³-hybridized carbons (Fsp3) is 0.125. The Hall–Kier alpha value is -1.27. The summed E-state index contributed by atoms with van der Waals surface area (Å²) in [5.41, 5.74) is 7.03. The SMILES string of the molecule is C1=C[C-](C2C=Cc3ccccc32)CC=C1C1C=Cc2ccccc21.Cl.Cl.[Zr]. The first-order chi connectivity index (χ1) is 11.9. The molecule has 0 aromatic heterocycles. The van der Waals surface area contributed by atoms with E-state index in [2.05, 4.69) is 91.1 Å². The summed E-state index contributed by atoms with van der Waals surface area (Å²) >= 11 is 0. The van der Waals surface area contributed by atoms with Gasteiger partial charge in [-0.15, -0.1) is 36.5 Å². The number of fused-ring (bicyclic) bond motifs is 2. The summed E-state index contributed by atoms with van der Waals surface area (Å²) in [5.74, 6) is 2.36. The van der Waals surface area contributed by atoms with Gasteiger partial charge in [0.05, 0.1) is 0 Å². The first kappa shape index (κ1) is 22.0. The Morgan fingerprint density at radius 1 is 0.741 bits per heavy atom. The molecule has 3 aliphatic carbocycles. The standard InChI is InChI=1S/C24H19.2ClH.Zr/c1-3-7-21-17(5-1)13-15-23(21)19-9-11-20(12-10-19)24-16-14-18-6-2-4-8-22(18)24;;;/h1-11,13-16,23-24H,12H2;2*1H;/q-1;;;. The van der Waals surface area contributed by atoms with Crippen molar-refractivity contribution in [3.05, 3.63) is 113 Å². The van der Waals surface area contributed by atoms with E-state index < -0.39 is 0 Å². The van der Waals surface area contributed by atoms with Gasteiger partial charge in [-0.1, -0.05) is 79.3 Å². The Morgan fingerprint density at radius 2 is 1.37 bits per heavy atom. The third kappa shape index (κ3) is 3.97. The molecule has 2 unspecified atom stereocenters. The van der Waals surface area contributed by atoms with E-state index in [1.807, 2.05) is 0 Å². The van der Waals surface area contributed by atoms with Crippen LogP contribution in [-0.2, 0) is 26.2 Å². The van der Waals surface area contributed by atoms with Crippen LogP contribution in [0.25, 0.3) is 12.2 Å². The molecule has 0 heterocycles. The molecule has 5 rings (SSSR count). The molecule has 2 aromatic rings. The largest absolute Gasteiger partial charge is 0.224 e. The second-order valence-corrected chi connectivity index (χ2v) is 6.75. The van der Waals surface area contributed by atoms with Crippen molar-refractivity contribution >= 4 is 37.0 Å². The predicted octanol–water partition coefficient (Wildman–Crippen LogP) is 6.91. The molecule has 3 heteroatoms. The molecule has 0 nitrogen and oxygen atoms in total. The van der Waals surface area contributed by atoms with Crippen LogP contribution in [-0.4, -0.2) is 0 Å². The van der Waals surface area contributed by atoms with Crippen LogP contribution in [0.5, 0.6) is 0 Å². The average molecular weight is 472 g/mol. The van der Waals surface area contributed by atoms with Crippen LogP contribution < -0.4 is 0 Å². The Kier molecular flexibility index (Phi) is 7.58. The Bertz CT molecular complexity index is 923. The molecule has 0 fully saturated rings. The molecule has 0 aliphatic heterocycles. The Balaban J connectivity index is 0.000000871. The number of benzene rings is 2. The molecule has 0 saturated carbocycles. The number of hydrogen-bond donors (Lipinski definition) is 0. The van der Waals surface area contributed by atoms with Gasteiger partial charge < -0.3 is 0 Å². The van der Waals surface area contributed by atoms with Gasteiger partial charge >= 0.3 is 0 Å². The van der Waals surface area contributed by atoms with Crippen LogP contribution in [0, 0.1) is 5.92 Å². The number of rotatable bonds is 2. The summed E-state index contributed by atoms with van der Waals surface area (Å²) in [6.07, 6.45) is 17.3. The van der Waals surface area contributed by atoms with Crippen LogP contribution in [0.1, 0.15) is 40.5 Å². The molecule has 0 radical (unpaired) electrons. The van der Waals surface area contributed by atoms with Crippen molar-refractivity contribution in [2.75, 3.05) is 0 Å².